The van der Waals surface area contributed by atoms with E-state index in [1.807, 2.05) is 31.9 Å². The van der Waals surface area contributed by atoms with Gasteiger partial charge in [-0.3, -0.25) is 120 Å². The highest BCUT2D eigenvalue weighted by molar-refractivity contribution is 7.80. The maximum atomic E-state index is 14.5. The minimum Gasteiger partial charge on any atom is -0.481 e. The van der Waals surface area contributed by atoms with Crippen LogP contribution in [0.4, 0.5) is 0 Å². The number of nitrogens with two attached hydrogens (primary N) is 6. The zero-order chi connectivity index (χ0) is 113. The monoisotopic (exact) mass is 2130 g/mol. The number of aromatic amines is 1. The van der Waals surface area contributed by atoms with Gasteiger partial charge >= 0.3 is 29.8 Å². The molecule has 1 rings (SSSR count). The number of amides is 21. The van der Waals surface area contributed by atoms with Crippen molar-refractivity contribution >= 4 is 167 Å². The van der Waals surface area contributed by atoms with Crippen LogP contribution in [0.3, 0.4) is 0 Å². The first-order valence-corrected chi connectivity index (χ1v) is 47.3. The van der Waals surface area contributed by atoms with Gasteiger partial charge in [0.05, 0.1) is 69.7 Å². The van der Waals surface area contributed by atoms with E-state index in [-0.39, 0.29) is 75.9 Å². The van der Waals surface area contributed by atoms with E-state index < -0.39 is 390 Å². The molecule has 0 aliphatic heterocycles. The topological polar surface area (TPSA) is 1050 Å². The predicted molar refractivity (Wildman–Crippen MR) is 510 cm³/mol. The fourth-order valence-corrected chi connectivity index (χ4v) is 13.7. The van der Waals surface area contributed by atoms with Crippen LogP contribution in [-0.2, 0) is 131 Å². The number of aliphatic hydroxyl groups is 5. The maximum absolute atomic E-state index is 14.5. The number of carbonyl (C=O) groups excluding carboxylic acids is 21. The van der Waals surface area contributed by atoms with E-state index in [0.29, 0.717) is 0 Å². The van der Waals surface area contributed by atoms with Crippen molar-refractivity contribution in [1.29, 1.82) is 0 Å². The van der Waals surface area contributed by atoms with Gasteiger partial charge in [0.25, 0.3) is 0 Å². The second-order valence-corrected chi connectivity index (χ2v) is 35.2. The number of primary amides is 3. The molecule has 63 heteroatoms. The summed E-state index contributed by atoms with van der Waals surface area (Å²) in [6, 6.07) is -35.0. The molecule has 0 radical (unpaired) electrons. The van der Waals surface area contributed by atoms with E-state index in [2.05, 4.69) is 86.4 Å². The van der Waals surface area contributed by atoms with Crippen molar-refractivity contribution in [1.82, 2.24) is 106 Å². The van der Waals surface area contributed by atoms with Crippen molar-refractivity contribution in [3.8, 4) is 0 Å². The van der Waals surface area contributed by atoms with Crippen LogP contribution in [0.2, 0.25) is 0 Å². The third-order valence-electron chi connectivity index (χ3n) is 21.9. The molecular weight excluding hydrogens is 1990 g/mol. The highest BCUT2D eigenvalue weighted by atomic mass is 32.1. The van der Waals surface area contributed by atoms with Crippen molar-refractivity contribution < 1.29 is 176 Å². The van der Waals surface area contributed by atoms with Crippen LogP contribution in [0.1, 0.15) is 176 Å². The molecular formula is C85H140N26O36S. The lowest BCUT2D eigenvalue weighted by atomic mass is 9.97. The van der Waals surface area contributed by atoms with E-state index in [1.54, 1.807) is 20.8 Å². The summed E-state index contributed by atoms with van der Waals surface area (Å²) in [5.74, 6) is -36.9. The van der Waals surface area contributed by atoms with Gasteiger partial charge in [-0.15, -0.1) is 0 Å². The van der Waals surface area contributed by atoms with Crippen molar-refractivity contribution in [2.45, 2.75) is 304 Å². The first kappa shape index (κ1) is 131. The van der Waals surface area contributed by atoms with Crippen molar-refractivity contribution in [2.75, 3.05) is 38.6 Å². The fraction of sp³-hybridized carbons (Fsp3) is 0.659. The van der Waals surface area contributed by atoms with E-state index in [9.17, 15) is 176 Å². The van der Waals surface area contributed by atoms with Gasteiger partial charge in [0.15, 0.2) is 6.04 Å². The molecule has 1 aromatic rings. The number of H-pyrrole nitrogens is 1. The fourth-order valence-electron chi connectivity index (χ4n) is 13.6. The van der Waals surface area contributed by atoms with Gasteiger partial charge in [0, 0.05) is 49.7 Å². The number of nitrogens with one attached hydrogen (secondary N) is 19. The SMILES string of the molecule is CC[C@H](C)[C@H](NC(=O)CNC(=O)[C@@H](N)CS)C(=O)N[C@@H](CCC(N)=O)C(=O)N[C@@H](CC(=O)O)C(=O)N[C@H](C(=O)N[C@@H](CC(N)=O)C(=O)N[C@@H](CO)C(=O)N[C@@H](CCCCN)C(=O)N[C@@H](CCCCN)C(=O)N[C@@H](CCC(N)=O)C(=O)N[C@@H](CO)C(=O)N[C@@H](CC(=O)O)C(=O)N[C@H](C(=O)N[C@@H](Cc1cnc[nH]1)C(=O)N[C@@H](CC(C)C)C(=O)N[C@@H](CCC(=O)O)C(=O)N[C@@H](CCC(=O)O)C(=O)N[C@H](C(=O)O)[C@@H](C)O)[C@@H](C)O)[C@@H](C)O. The molecule has 0 saturated heterocycles. The van der Waals surface area contributed by atoms with Crippen molar-refractivity contribution in [2.24, 2.45) is 46.2 Å². The average molecular weight is 2130 g/mol. The Kier molecular flexibility index (Phi) is 60.4. The highest BCUT2D eigenvalue weighted by Gasteiger charge is 2.43. The number of unbranched alkanes of at least 4 members (excludes halogenated alkanes) is 2. The Hall–Kier alpha value is -14.5. The maximum Gasteiger partial charge on any atom is 0.328 e. The summed E-state index contributed by atoms with van der Waals surface area (Å²) in [6.45, 7) is 5.59. The van der Waals surface area contributed by atoms with Crippen LogP contribution in [0.15, 0.2) is 12.5 Å². The summed E-state index contributed by atoms with van der Waals surface area (Å²) in [6.07, 6.45) is -14.2. The van der Waals surface area contributed by atoms with Gasteiger partial charge in [-0.25, -0.2) is 9.78 Å². The number of aliphatic hydroxyl groups excluding tert-OH is 5. The van der Waals surface area contributed by atoms with Gasteiger partial charge in [0.1, 0.15) is 96.7 Å². The summed E-state index contributed by atoms with van der Waals surface area (Å²) in [4.78, 5) is 355. The summed E-state index contributed by atoms with van der Waals surface area (Å²) >= 11 is 3.92. The molecule has 0 fully saturated rings. The highest BCUT2D eigenvalue weighted by Crippen LogP contribution is 2.17. The minimum atomic E-state index is -2.33. The number of carboxylic acid groups (broad SMARTS) is 5. The van der Waals surface area contributed by atoms with Crippen molar-refractivity contribution in [3.63, 3.8) is 0 Å². The lowest BCUT2D eigenvalue weighted by molar-refractivity contribution is -0.145. The number of aliphatic carboxylic acids is 5. The minimum absolute atomic E-state index is 0.00619. The molecule has 0 saturated carbocycles. The van der Waals surface area contributed by atoms with Crippen LogP contribution in [-0.4, -0.2) is 381 Å². The van der Waals surface area contributed by atoms with Crippen LogP contribution in [0.25, 0.3) is 0 Å². The van der Waals surface area contributed by atoms with Gasteiger partial charge < -0.3 is 186 Å². The molecule has 1 aromatic heterocycles. The standard InChI is InChI=1S/C85H140N26O36S/c1-8-37(4)64(108-59(120)31-93-68(129)42(88)34-148)82(143)100-46(16-20-57(90)118)72(133)102-52(28-62(125)126)78(139)110-66(39(6)115)84(145)105-51(27-58(91)119)77(138)107-54(32-112)80(141)96-44(14-10-12-24-87)69(130)95-43(13-9-11-23-86)70(131)97-45(15-19-56(89)117)73(134)106-55(33-113)81(142)103-53(29-63(127)128)79(140)109-65(38(5)114)83(144)104-50(26-41-30-92-35-94-41)76(137)101-49(25-36(2)3)75(136)99-47(17-21-60(121)122)71(132)98-48(18-22-61(123)124)74(135)111-67(40(7)116)85(146)147/h30,35-40,42-55,64-67,112-116,148H,8-29,31-34,86-88H2,1-7H3,(H2,89,117)(H2,90,118)(H2,91,119)(H,92,94)(H,93,129)(H,95,130)(H,96,141)(H,97,131)(H,98,132)(H,99,136)(H,100,143)(H,101,137)(H,102,133)(H,103,142)(H,104,144)(H,105,145)(H,106,134)(H,107,138)(H,108,120)(H,109,140)(H,110,139)(H,111,135)(H,121,122)(H,123,124)(H,125,126)(H,127,128)(H,146,147)/t37-,38+,39+,40+,42-,43-,44-,45-,46-,47-,48-,49-,50-,51-,52-,53-,54-,55-,64-,65-,66-,67-/m0/s1. The number of hydrogen-bond donors (Lipinski definition) is 36. The first-order chi connectivity index (χ1) is 69.3. The largest absolute Gasteiger partial charge is 0.481 e. The lowest BCUT2D eigenvalue weighted by Crippen LogP contribution is -2.63. The van der Waals surface area contributed by atoms with Gasteiger partial charge in [0.2, 0.25) is 124 Å². The second kappa shape index (κ2) is 68.0. The molecule has 0 bridgehead atoms. The lowest BCUT2D eigenvalue weighted by Gasteiger charge is -2.29. The first-order valence-electron chi connectivity index (χ1n) is 46.7. The van der Waals surface area contributed by atoms with Gasteiger partial charge in [-0.05, 0) is 116 Å². The second-order valence-electron chi connectivity index (χ2n) is 34.8. The predicted octanol–water partition coefficient (Wildman–Crippen LogP) is -15.8. The third kappa shape index (κ3) is 50.0. The summed E-state index contributed by atoms with van der Waals surface area (Å²) in [7, 11) is 0. The number of carboxylic acids is 5. The molecule has 62 nitrogen and oxygen atoms in total. The average Bonchev–Trinajstić information content (AvgIpc) is 1.53. The number of nitrogens with zero attached hydrogens (tertiary/aromatic N) is 1. The Balaban J connectivity index is 3.73. The number of rotatable bonds is 75. The van der Waals surface area contributed by atoms with E-state index in [4.69, 9.17) is 34.4 Å². The zero-order valence-corrected chi connectivity index (χ0v) is 83.2. The Morgan fingerprint density at radius 2 is 0.655 bits per heavy atom. The Morgan fingerprint density at radius 3 is 0.986 bits per heavy atom. The smallest absolute Gasteiger partial charge is 0.328 e. The Labute approximate surface area is 851 Å². The summed E-state index contributed by atoms with van der Waals surface area (Å²) in [5, 5.41) is 141. The molecule has 0 unspecified atom stereocenters. The molecule has 148 heavy (non-hydrogen) atoms. The van der Waals surface area contributed by atoms with Crippen molar-refractivity contribution in [3.05, 3.63) is 18.2 Å². The van der Waals surface area contributed by atoms with Crippen LogP contribution in [0, 0.1) is 11.8 Å². The molecule has 41 N–H and O–H groups in total. The van der Waals surface area contributed by atoms with E-state index >= 15 is 0 Å². The molecule has 1 heterocycles. The quantitative estimate of drug-likeness (QED) is 0.0213. The van der Waals surface area contributed by atoms with Gasteiger partial charge in [-0.1, -0.05) is 34.1 Å². The zero-order valence-electron chi connectivity index (χ0n) is 82.3. The molecule has 0 spiro atoms. The van der Waals surface area contributed by atoms with E-state index in [0.717, 1.165) is 27.1 Å². The van der Waals surface area contributed by atoms with Gasteiger partial charge in [-0.2, -0.15) is 12.6 Å². The number of aromatic nitrogens is 2. The molecule has 0 aliphatic rings. The number of imidazole rings is 1. The number of thiol groups is 1. The summed E-state index contributed by atoms with van der Waals surface area (Å²) in [5.41, 5.74) is 33.4. The summed E-state index contributed by atoms with van der Waals surface area (Å²) < 4.78 is 0. The third-order valence-corrected chi connectivity index (χ3v) is 22.3. The Morgan fingerprint density at radius 1 is 0.351 bits per heavy atom. The molecule has 0 aliphatic carbocycles. The molecule has 832 valence electrons. The van der Waals surface area contributed by atoms with Crippen LogP contribution in [0.5, 0.6) is 0 Å². The molecule has 22 atom stereocenters. The normalized spacial score (nSPS) is 15.6. The number of carbonyl (C=O) groups is 26. The molecule has 0 aromatic carbocycles. The van der Waals surface area contributed by atoms with Crippen LogP contribution < -0.4 is 130 Å². The van der Waals surface area contributed by atoms with E-state index in [1.165, 1.54) is 13.1 Å². The number of hydrogen-bond acceptors (Lipinski definition) is 36. The molecule has 21 amide bonds. The van der Waals surface area contributed by atoms with Crippen LogP contribution >= 0.6 is 12.6 Å². The Bertz CT molecular complexity index is 4730.